The lowest BCUT2D eigenvalue weighted by molar-refractivity contribution is -0.384. The van der Waals surface area contributed by atoms with Crippen LogP contribution >= 0.6 is 0 Å². The van der Waals surface area contributed by atoms with E-state index in [-0.39, 0.29) is 34.9 Å². The smallest absolute Gasteiger partial charge is 0.269 e. The number of allylic oxidation sites excluding steroid dienone is 2. The number of hydrogen-bond donors (Lipinski definition) is 0. The second-order valence-electron chi connectivity index (χ2n) is 7.55. The Kier molecular flexibility index (Phi) is 4.83. The van der Waals surface area contributed by atoms with E-state index in [1.165, 1.54) is 11.6 Å². The van der Waals surface area contributed by atoms with Gasteiger partial charge >= 0.3 is 0 Å². The summed E-state index contributed by atoms with van der Waals surface area (Å²) in [6.45, 7) is 10.2. The van der Waals surface area contributed by atoms with Crippen molar-refractivity contribution < 1.29 is 9.72 Å². The number of amides is 1. The summed E-state index contributed by atoms with van der Waals surface area (Å²) < 4.78 is 0. The second kappa shape index (κ2) is 6.38. The normalized spacial score (nSPS) is 22.4. The average molecular weight is 330 g/mol. The van der Waals surface area contributed by atoms with Crippen molar-refractivity contribution in [1.82, 2.24) is 4.90 Å². The molecule has 1 aromatic carbocycles. The van der Waals surface area contributed by atoms with Crippen LogP contribution in [0.3, 0.4) is 0 Å². The zero-order valence-electron chi connectivity index (χ0n) is 15.2. The lowest BCUT2D eigenvalue weighted by atomic mass is 10.0. The third-order valence-electron chi connectivity index (χ3n) is 5.18. The van der Waals surface area contributed by atoms with E-state index in [2.05, 4.69) is 19.9 Å². The molecule has 0 radical (unpaired) electrons. The van der Waals surface area contributed by atoms with E-state index in [0.29, 0.717) is 0 Å². The number of carbonyl (C=O) groups is 1. The Morgan fingerprint density at radius 2 is 2.00 bits per heavy atom. The summed E-state index contributed by atoms with van der Waals surface area (Å²) in [6, 6.07) is 6.29. The maximum absolute atomic E-state index is 12.9. The topological polar surface area (TPSA) is 63.5 Å². The molecule has 0 bridgehead atoms. The van der Waals surface area contributed by atoms with Crippen LogP contribution in [-0.4, -0.2) is 22.8 Å². The highest BCUT2D eigenvalue weighted by atomic mass is 16.6. The van der Waals surface area contributed by atoms with Crippen LogP contribution in [0.1, 0.15) is 46.2 Å². The quantitative estimate of drug-likeness (QED) is 0.458. The fraction of sp³-hybridized carbons (Fsp3) is 0.526. The van der Waals surface area contributed by atoms with E-state index < -0.39 is 4.92 Å². The molecule has 1 amide bonds. The summed E-state index contributed by atoms with van der Waals surface area (Å²) in [6.07, 6.45) is 2.18. The highest BCUT2D eigenvalue weighted by molar-refractivity contribution is 5.84. The molecule has 0 N–H and O–H groups in total. The first-order valence-electron chi connectivity index (χ1n) is 8.23. The van der Waals surface area contributed by atoms with E-state index in [1.54, 1.807) is 24.1 Å². The third kappa shape index (κ3) is 3.35. The van der Waals surface area contributed by atoms with Gasteiger partial charge in [-0.3, -0.25) is 14.9 Å². The molecular weight excluding hydrogens is 304 g/mol. The Balaban J connectivity index is 2.18. The molecule has 0 aliphatic heterocycles. The minimum atomic E-state index is -0.410. The first-order valence-corrected chi connectivity index (χ1v) is 8.23. The van der Waals surface area contributed by atoms with Crippen molar-refractivity contribution in [3.63, 3.8) is 0 Å². The highest BCUT2D eigenvalue weighted by Crippen LogP contribution is 2.60. The average Bonchev–Trinajstić information content (AvgIpc) is 3.04. The summed E-state index contributed by atoms with van der Waals surface area (Å²) in [5.41, 5.74) is 2.01. The van der Waals surface area contributed by atoms with E-state index in [9.17, 15) is 14.9 Å². The lowest BCUT2D eigenvalue weighted by Crippen LogP contribution is -2.32. The zero-order valence-corrected chi connectivity index (χ0v) is 15.2. The fourth-order valence-corrected chi connectivity index (χ4v) is 3.35. The predicted molar refractivity (Wildman–Crippen MR) is 94.5 cm³/mol. The first kappa shape index (κ1) is 18.2. The zero-order chi connectivity index (χ0) is 18.2. The predicted octanol–water partition coefficient (Wildman–Crippen LogP) is 4.35. The van der Waals surface area contributed by atoms with Crippen molar-refractivity contribution in [3.8, 4) is 0 Å². The number of nitro benzene ring substituents is 1. The Hall–Kier alpha value is -2.17. The van der Waals surface area contributed by atoms with Gasteiger partial charge in [0.05, 0.1) is 16.9 Å². The Labute approximate surface area is 143 Å². The number of non-ortho nitro benzene ring substituents is 1. The minimum Gasteiger partial charge on any atom is -0.339 e. The molecular formula is C19H26N2O3. The summed E-state index contributed by atoms with van der Waals surface area (Å²) in [5.74, 6) is 0.329. The van der Waals surface area contributed by atoms with Gasteiger partial charge in [-0.2, -0.15) is 0 Å². The molecule has 0 heterocycles. The van der Waals surface area contributed by atoms with Crippen molar-refractivity contribution in [2.45, 2.75) is 40.7 Å². The van der Waals surface area contributed by atoms with Crippen molar-refractivity contribution in [2.24, 2.45) is 17.3 Å². The van der Waals surface area contributed by atoms with Crippen LogP contribution in [-0.2, 0) is 4.79 Å². The monoisotopic (exact) mass is 330 g/mol. The molecule has 0 saturated heterocycles. The molecule has 2 rings (SSSR count). The summed E-state index contributed by atoms with van der Waals surface area (Å²) in [4.78, 5) is 25.2. The van der Waals surface area contributed by atoms with Gasteiger partial charge in [0.1, 0.15) is 0 Å². The van der Waals surface area contributed by atoms with Gasteiger partial charge in [0.2, 0.25) is 5.91 Å². The molecule has 5 nitrogen and oxygen atoms in total. The summed E-state index contributed by atoms with van der Waals surface area (Å²) >= 11 is 0. The lowest BCUT2D eigenvalue weighted by Gasteiger charge is -2.26. The Morgan fingerprint density at radius 3 is 2.54 bits per heavy atom. The van der Waals surface area contributed by atoms with E-state index in [0.717, 1.165) is 5.56 Å². The van der Waals surface area contributed by atoms with Crippen LogP contribution in [0.15, 0.2) is 35.9 Å². The second-order valence-corrected chi connectivity index (χ2v) is 7.55. The minimum absolute atomic E-state index is 0.0291. The molecule has 0 aromatic heterocycles. The molecule has 3 unspecified atom stereocenters. The number of benzene rings is 1. The van der Waals surface area contributed by atoms with Crippen molar-refractivity contribution >= 4 is 11.6 Å². The van der Waals surface area contributed by atoms with Gasteiger partial charge in [-0.05, 0) is 37.7 Å². The van der Waals surface area contributed by atoms with Crippen LogP contribution in [0, 0.1) is 27.4 Å². The number of nitro groups is 1. The fourth-order valence-electron chi connectivity index (χ4n) is 3.35. The van der Waals surface area contributed by atoms with E-state index in [4.69, 9.17) is 0 Å². The summed E-state index contributed by atoms with van der Waals surface area (Å²) in [5, 5.41) is 10.9. The molecule has 0 spiro atoms. The molecule has 1 aliphatic rings. The van der Waals surface area contributed by atoms with Crippen LogP contribution in [0.4, 0.5) is 5.69 Å². The van der Waals surface area contributed by atoms with Crippen LogP contribution < -0.4 is 0 Å². The van der Waals surface area contributed by atoms with Gasteiger partial charge in [-0.1, -0.05) is 37.6 Å². The SMILES string of the molecule is CC(C)=CC1C(C(=O)N(C)C(C)c2cccc([N+](=O)[O-])c2)C1(C)C. The highest BCUT2D eigenvalue weighted by Gasteiger charge is 2.61. The molecule has 1 aromatic rings. The van der Waals surface area contributed by atoms with Gasteiger partial charge in [-0.25, -0.2) is 0 Å². The van der Waals surface area contributed by atoms with Gasteiger partial charge in [0.15, 0.2) is 0 Å². The number of carbonyl (C=O) groups excluding carboxylic acids is 1. The molecule has 3 atom stereocenters. The van der Waals surface area contributed by atoms with Crippen LogP contribution in [0.2, 0.25) is 0 Å². The maximum atomic E-state index is 12.9. The standard InChI is InChI=1S/C19H26N2O3/c1-12(2)10-16-17(19(16,4)5)18(22)20(6)13(3)14-8-7-9-15(11-14)21(23)24/h7-11,13,16-17H,1-6H3. The third-order valence-corrected chi connectivity index (χ3v) is 5.18. The largest absolute Gasteiger partial charge is 0.339 e. The Morgan fingerprint density at radius 1 is 1.38 bits per heavy atom. The molecule has 130 valence electrons. The molecule has 5 heteroatoms. The molecule has 24 heavy (non-hydrogen) atoms. The maximum Gasteiger partial charge on any atom is 0.269 e. The van der Waals surface area contributed by atoms with Crippen molar-refractivity contribution in [1.29, 1.82) is 0 Å². The summed E-state index contributed by atoms with van der Waals surface area (Å²) in [7, 11) is 1.78. The van der Waals surface area contributed by atoms with Crippen molar-refractivity contribution in [3.05, 3.63) is 51.6 Å². The molecule has 1 aliphatic carbocycles. The number of hydrogen-bond acceptors (Lipinski definition) is 3. The Bertz CT molecular complexity index is 690. The van der Waals surface area contributed by atoms with Crippen LogP contribution in [0.25, 0.3) is 0 Å². The van der Waals surface area contributed by atoms with Gasteiger partial charge < -0.3 is 4.90 Å². The number of rotatable bonds is 5. The first-order chi connectivity index (χ1) is 11.1. The molecule has 1 saturated carbocycles. The van der Waals surface area contributed by atoms with E-state index >= 15 is 0 Å². The van der Waals surface area contributed by atoms with E-state index in [1.807, 2.05) is 26.8 Å². The van der Waals surface area contributed by atoms with Gasteiger partial charge in [-0.15, -0.1) is 0 Å². The van der Waals surface area contributed by atoms with Crippen LogP contribution in [0.5, 0.6) is 0 Å². The molecule has 1 fully saturated rings. The van der Waals surface area contributed by atoms with Crippen molar-refractivity contribution in [2.75, 3.05) is 7.05 Å². The number of nitrogens with zero attached hydrogens (tertiary/aromatic N) is 2. The van der Waals surface area contributed by atoms with Gasteiger partial charge in [0.25, 0.3) is 5.69 Å². The van der Waals surface area contributed by atoms with Gasteiger partial charge in [0, 0.05) is 19.2 Å².